The summed E-state index contributed by atoms with van der Waals surface area (Å²) in [7, 11) is 0. The predicted molar refractivity (Wildman–Crippen MR) is 81.0 cm³/mol. The van der Waals surface area contributed by atoms with Crippen LogP contribution in [0.15, 0.2) is 24.3 Å². The van der Waals surface area contributed by atoms with Crippen molar-refractivity contribution in [3.05, 3.63) is 35.9 Å². The molecule has 0 radical (unpaired) electrons. The minimum Gasteiger partial charge on any atom is -0.383 e. The van der Waals surface area contributed by atoms with E-state index >= 15 is 0 Å². The fourth-order valence-electron chi connectivity index (χ4n) is 2.47. The Morgan fingerprint density at radius 2 is 1.90 bits per heavy atom. The Kier molecular flexibility index (Phi) is 3.84. The van der Waals surface area contributed by atoms with Gasteiger partial charge in [-0.2, -0.15) is 0 Å². The van der Waals surface area contributed by atoms with Crippen molar-refractivity contribution >= 4 is 5.82 Å². The monoisotopic (exact) mass is 275 g/mol. The van der Waals surface area contributed by atoms with E-state index in [4.69, 9.17) is 5.73 Å². The minimum atomic E-state index is -0.291. The molecule has 0 aliphatic carbocycles. The van der Waals surface area contributed by atoms with Crippen LogP contribution < -0.4 is 5.73 Å². The van der Waals surface area contributed by atoms with Gasteiger partial charge in [0.1, 0.15) is 23.2 Å². The summed E-state index contributed by atoms with van der Waals surface area (Å²) in [5.74, 6) is 1.16. The zero-order valence-electron chi connectivity index (χ0n) is 12.6. The molecule has 0 unspecified atom stereocenters. The van der Waals surface area contributed by atoms with Crippen molar-refractivity contribution < 1.29 is 4.39 Å². The molecule has 2 N–H and O–H groups in total. The maximum Gasteiger partial charge on any atom is 0.132 e. The predicted octanol–water partition coefficient (Wildman–Crippen LogP) is 3.98. The third-order valence-electron chi connectivity index (χ3n) is 3.26. The fourth-order valence-corrected chi connectivity index (χ4v) is 2.47. The van der Waals surface area contributed by atoms with Crippen LogP contribution in [0.2, 0.25) is 0 Å². The van der Waals surface area contributed by atoms with Gasteiger partial charge < -0.3 is 10.3 Å². The van der Waals surface area contributed by atoms with E-state index in [0.29, 0.717) is 17.1 Å². The molecule has 0 amide bonds. The van der Waals surface area contributed by atoms with E-state index in [2.05, 4.69) is 32.7 Å². The van der Waals surface area contributed by atoms with E-state index < -0.39 is 0 Å². The normalized spacial score (nSPS) is 11.8. The summed E-state index contributed by atoms with van der Waals surface area (Å²) in [5.41, 5.74) is 7.09. The van der Waals surface area contributed by atoms with Gasteiger partial charge in [0, 0.05) is 17.5 Å². The number of nitrogens with zero attached hydrogens (tertiary/aromatic N) is 2. The standard InChI is InChI=1S/C16H22FN3/c1-5-8-13-19-14(11-9-6-7-10-12(11)17)15(18)20(13)16(2,3)4/h6-7,9-10H,5,8,18H2,1-4H3. The number of anilines is 1. The quantitative estimate of drug-likeness (QED) is 0.920. The summed E-state index contributed by atoms with van der Waals surface area (Å²) in [6, 6.07) is 6.62. The van der Waals surface area contributed by atoms with Gasteiger partial charge in [0.2, 0.25) is 0 Å². The van der Waals surface area contributed by atoms with Crippen molar-refractivity contribution in [3.63, 3.8) is 0 Å². The number of imidazole rings is 1. The van der Waals surface area contributed by atoms with Crippen LogP contribution in [0.3, 0.4) is 0 Å². The first-order valence-corrected chi connectivity index (χ1v) is 6.98. The van der Waals surface area contributed by atoms with Gasteiger partial charge in [-0.15, -0.1) is 0 Å². The van der Waals surface area contributed by atoms with Gasteiger partial charge in [-0.1, -0.05) is 19.1 Å². The van der Waals surface area contributed by atoms with Crippen molar-refractivity contribution in [2.45, 2.75) is 46.1 Å². The highest BCUT2D eigenvalue weighted by Crippen LogP contribution is 2.33. The number of hydrogen-bond acceptors (Lipinski definition) is 2. The number of rotatable bonds is 3. The molecule has 3 nitrogen and oxygen atoms in total. The first kappa shape index (κ1) is 14.6. The molecule has 1 heterocycles. The number of hydrogen-bond donors (Lipinski definition) is 1. The summed E-state index contributed by atoms with van der Waals surface area (Å²) in [5, 5.41) is 0. The molecule has 0 bridgehead atoms. The summed E-state index contributed by atoms with van der Waals surface area (Å²) < 4.78 is 16.0. The van der Waals surface area contributed by atoms with Crippen LogP contribution >= 0.6 is 0 Å². The van der Waals surface area contributed by atoms with Gasteiger partial charge in [-0.25, -0.2) is 9.37 Å². The van der Waals surface area contributed by atoms with Crippen LogP contribution in [-0.4, -0.2) is 9.55 Å². The molecule has 2 aromatic rings. The van der Waals surface area contributed by atoms with E-state index in [1.54, 1.807) is 18.2 Å². The molecule has 1 aromatic carbocycles. The average Bonchev–Trinajstić information content (AvgIpc) is 2.67. The molecule has 4 heteroatoms. The lowest BCUT2D eigenvalue weighted by Gasteiger charge is -2.25. The van der Waals surface area contributed by atoms with Crippen LogP contribution in [0.1, 0.15) is 39.9 Å². The molecule has 2 rings (SSSR count). The number of aromatic nitrogens is 2. The van der Waals surface area contributed by atoms with E-state index in [1.165, 1.54) is 6.07 Å². The van der Waals surface area contributed by atoms with Crippen molar-refractivity contribution in [3.8, 4) is 11.3 Å². The lowest BCUT2D eigenvalue weighted by atomic mass is 10.1. The number of nitrogen functional groups attached to an aromatic ring is 1. The molecule has 20 heavy (non-hydrogen) atoms. The molecular weight excluding hydrogens is 253 g/mol. The second-order valence-electron chi connectivity index (χ2n) is 6.00. The van der Waals surface area contributed by atoms with Crippen LogP contribution in [0.5, 0.6) is 0 Å². The molecular formula is C16H22FN3. The van der Waals surface area contributed by atoms with E-state index in [0.717, 1.165) is 18.7 Å². The van der Waals surface area contributed by atoms with Crippen LogP contribution in [0.25, 0.3) is 11.3 Å². The van der Waals surface area contributed by atoms with Gasteiger partial charge >= 0.3 is 0 Å². The topological polar surface area (TPSA) is 43.8 Å². The maximum atomic E-state index is 14.0. The summed E-state index contributed by atoms with van der Waals surface area (Å²) in [6.45, 7) is 8.33. The Balaban J connectivity index is 2.65. The Labute approximate surface area is 119 Å². The second kappa shape index (κ2) is 5.27. The van der Waals surface area contributed by atoms with Crippen molar-refractivity contribution in [2.24, 2.45) is 0 Å². The molecule has 0 spiro atoms. The number of nitrogens with two attached hydrogens (primary N) is 1. The zero-order chi connectivity index (χ0) is 14.9. The highest BCUT2D eigenvalue weighted by atomic mass is 19.1. The lowest BCUT2D eigenvalue weighted by Crippen LogP contribution is -2.25. The molecule has 1 aromatic heterocycles. The van der Waals surface area contributed by atoms with Crippen LogP contribution in [0.4, 0.5) is 10.2 Å². The lowest BCUT2D eigenvalue weighted by molar-refractivity contribution is 0.387. The molecule has 0 saturated heterocycles. The summed E-state index contributed by atoms with van der Waals surface area (Å²) in [6.07, 6.45) is 1.80. The molecule has 0 fully saturated rings. The highest BCUT2D eigenvalue weighted by Gasteiger charge is 2.25. The van der Waals surface area contributed by atoms with Crippen molar-refractivity contribution in [1.82, 2.24) is 9.55 Å². The van der Waals surface area contributed by atoms with Gasteiger partial charge in [0.05, 0.1) is 0 Å². The third-order valence-corrected chi connectivity index (χ3v) is 3.26. The minimum absolute atomic E-state index is 0.176. The number of halogens is 1. The van der Waals surface area contributed by atoms with E-state index in [9.17, 15) is 4.39 Å². The van der Waals surface area contributed by atoms with Crippen LogP contribution in [-0.2, 0) is 12.0 Å². The first-order valence-electron chi connectivity index (χ1n) is 6.98. The van der Waals surface area contributed by atoms with Crippen molar-refractivity contribution in [1.29, 1.82) is 0 Å². The largest absolute Gasteiger partial charge is 0.383 e. The molecule has 0 aliphatic rings. The first-order chi connectivity index (χ1) is 9.36. The zero-order valence-corrected chi connectivity index (χ0v) is 12.6. The fraction of sp³-hybridized carbons (Fsp3) is 0.438. The van der Waals surface area contributed by atoms with Gasteiger partial charge in [-0.05, 0) is 39.3 Å². The molecule has 0 saturated carbocycles. The average molecular weight is 275 g/mol. The molecule has 0 atom stereocenters. The molecule has 0 aliphatic heterocycles. The number of aryl methyl sites for hydroxylation is 1. The number of benzene rings is 1. The van der Waals surface area contributed by atoms with Crippen molar-refractivity contribution in [2.75, 3.05) is 5.73 Å². The third kappa shape index (κ3) is 2.55. The maximum absolute atomic E-state index is 14.0. The highest BCUT2D eigenvalue weighted by molar-refractivity contribution is 5.71. The van der Waals surface area contributed by atoms with Crippen LogP contribution in [0, 0.1) is 5.82 Å². The summed E-state index contributed by atoms with van der Waals surface area (Å²) >= 11 is 0. The van der Waals surface area contributed by atoms with Gasteiger partial charge in [0.15, 0.2) is 0 Å². The Hall–Kier alpha value is -1.84. The molecule has 108 valence electrons. The van der Waals surface area contributed by atoms with Gasteiger partial charge in [-0.3, -0.25) is 0 Å². The Morgan fingerprint density at radius 3 is 2.45 bits per heavy atom. The van der Waals surface area contributed by atoms with Gasteiger partial charge in [0.25, 0.3) is 0 Å². The van der Waals surface area contributed by atoms with E-state index in [1.807, 2.05) is 4.57 Å². The van der Waals surface area contributed by atoms with E-state index in [-0.39, 0.29) is 11.4 Å². The Morgan fingerprint density at radius 1 is 1.25 bits per heavy atom. The smallest absolute Gasteiger partial charge is 0.132 e. The summed E-state index contributed by atoms with van der Waals surface area (Å²) in [4.78, 5) is 4.59. The Bertz CT molecular complexity index is 609. The second-order valence-corrected chi connectivity index (χ2v) is 6.00. The SMILES string of the molecule is CCCc1nc(-c2ccccc2F)c(N)n1C(C)(C)C.